The van der Waals surface area contributed by atoms with Crippen molar-refractivity contribution in [3.63, 3.8) is 0 Å². The zero-order chi connectivity index (χ0) is 13.3. The minimum Gasteiger partial charge on any atom is -0.347 e. The summed E-state index contributed by atoms with van der Waals surface area (Å²) in [5.74, 6) is 0. The van der Waals surface area contributed by atoms with Crippen LogP contribution in [-0.2, 0) is 6.54 Å². The Labute approximate surface area is 106 Å². The predicted octanol–water partition coefficient (Wildman–Crippen LogP) is 3.37. The first-order valence-electron chi connectivity index (χ1n) is 5.86. The summed E-state index contributed by atoms with van der Waals surface area (Å²) in [5.41, 5.74) is 4.53. The lowest BCUT2D eigenvalue weighted by atomic mass is 10.2. The molecule has 1 heterocycles. The molecular weight excluding hydrogens is 228 g/mol. The number of aryl methyl sites for hydroxylation is 1. The number of para-hydroxylation sites is 1. The van der Waals surface area contributed by atoms with Gasteiger partial charge in [-0.15, -0.1) is 0 Å². The zero-order valence-electron chi connectivity index (χ0n) is 10.8. The van der Waals surface area contributed by atoms with Gasteiger partial charge >= 0.3 is 0 Å². The second kappa shape index (κ2) is 4.64. The number of benzene rings is 1. The van der Waals surface area contributed by atoms with E-state index in [2.05, 4.69) is 18.4 Å². The number of aromatic nitrogens is 1. The molecule has 0 saturated heterocycles. The highest BCUT2D eigenvalue weighted by Gasteiger charge is 2.14. The number of nitro benzene ring substituents is 1. The summed E-state index contributed by atoms with van der Waals surface area (Å²) >= 11 is 0. The molecule has 4 heteroatoms. The summed E-state index contributed by atoms with van der Waals surface area (Å²) in [7, 11) is 0. The van der Waals surface area contributed by atoms with Crippen LogP contribution in [0.15, 0.2) is 30.5 Å². The molecule has 4 nitrogen and oxygen atoms in total. The fourth-order valence-corrected chi connectivity index (χ4v) is 2.10. The third-order valence-corrected chi connectivity index (χ3v) is 3.44. The van der Waals surface area contributed by atoms with Crippen molar-refractivity contribution in [2.45, 2.75) is 27.3 Å². The van der Waals surface area contributed by atoms with E-state index < -0.39 is 0 Å². The topological polar surface area (TPSA) is 48.1 Å². The Bertz CT molecular complexity index is 600. The molecule has 1 aromatic heterocycles. The van der Waals surface area contributed by atoms with Crippen molar-refractivity contribution >= 4 is 5.69 Å². The molecule has 0 bridgehead atoms. The lowest BCUT2D eigenvalue weighted by Crippen LogP contribution is -2.03. The maximum Gasteiger partial charge on any atom is 0.274 e. The van der Waals surface area contributed by atoms with Gasteiger partial charge in [0.2, 0.25) is 0 Å². The molecule has 0 aliphatic heterocycles. The maximum atomic E-state index is 11.0. The van der Waals surface area contributed by atoms with E-state index >= 15 is 0 Å². The molecule has 2 aromatic rings. The van der Waals surface area contributed by atoms with Gasteiger partial charge in [-0.05, 0) is 31.9 Å². The van der Waals surface area contributed by atoms with E-state index in [0.29, 0.717) is 6.54 Å². The summed E-state index contributed by atoms with van der Waals surface area (Å²) in [5, 5.41) is 11.0. The quantitative estimate of drug-likeness (QED) is 0.614. The normalized spacial score (nSPS) is 10.6. The van der Waals surface area contributed by atoms with Crippen molar-refractivity contribution in [3.8, 4) is 0 Å². The summed E-state index contributed by atoms with van der Waals surface area (Å²) in [6.45, 7) is 6.70. The summed E-state index contributed by atoms with van der Waals surface area (Å²) in [6, 6.07) is 6.89. The molecule has 18 heavy (non-hydrogen) atoms. The van der Waals surface area contributed by atoms with Crippen molar-refractivity contribution in [3.05, 3.63) is 63.0 Å². The fourth-order valence-electron chi connectivity index (χ4n) is 2.10. The van der Waals surface area contributed by atoms with Crippen molar-refractivity contribution in [1.29, 1.82) is 0 Å². The van der Waals surface area contributed by atoms with Crippen molar-refractivity contribution in [2.75, 3.05) is 0 Å². The highest BCUT2D eigenvalue weighted by Crippen LogP contribution is 2.22. The maximum absolute atomic E-state index is 11.0. The number of nitro groups is 1. The largest absolute Gasteiger partial charge is 0.347 e. The SMILES string of the molecule is Cc1cn(Cc2ccccc2[N+](=O)[O-])c(C)c1C. The smallest absolute Gasteiger partial charge is 0.274 e. The monoisotopic (exact) mass is 244 g/mol. The van der Waals surface area contributed by atoms with E-state index in [4.69, 9.17) is 0 Å². The van der Waals surface area contributed by atoms with Gasteiger partial charge in [0.1, 0.15) is 0 Å². The molecule has 0 aliphatic carbocycles. The Hall–Kier alpha value is -2.10. The second-order valence-electron chi connectivity index (χ2n) is 4.54. The molecule has 0 fully saturated rings. The first kappa shape index (κ1) is 12.4. The van der Waals surface area contributed by atoms with Gasteiger partial charge in [-0.25, -0.2) is 0 Å². The number of hydrogen-bond acceptors (Lipinski definition) is 2. The fraction of sp³-hybridized carbons (Fsp3) is 0.286. The van der Waals surface area contributed by atoms with E-state index in [1.165, 1.54) is 11.1 Å². The van der Waals surface area contributed by atoms with Gasteiger partial charge < -0.3 is 4.57 Å². The van der Waals surface area contributed by atoms with Crippen LogP contribution < -0.4 is 0 Å². The van der Waals surface area contributed by atoms with E-state index in [1.54, 1.807) is 12.1 Å². The minimum atomic E-state index is -0.326. The van der Waals surface area contributed by atoms with E-state index in [9.17, 15) is 10.1 Å². The van der Waals surface area contributed by atoms with Gasteiger partial charge in [0.05, 0.1) is 11.5 Å². The summed E-state index contributed by atoms with van der Waals surface area (Å²) in [6.07, 6.45) is 2.04. The molecule has 0 amide bonds. The molecule has 0 spiro atoms. The first-order chi connectivity index (χ1) is 8.50. The second-order valence-corrected chi connectivity index (χ2v) is 4.54. The van der Waals surface area contributed by atoms with Crippen LogP contribution in [0.5, 0.6) is 0 Å². The third-order valence-electron chi connectivity index (χ3n) is 3.44. The van der Waals surface area contributed by atoms with Gasteiger partial charge in [-0.1, -0.05) is 18.2 Å². The molecule has 0 atom stereocenters. The molecule has 2 rings (SSSR count). The Morgan fingerprint density at radius 1 is 1.22 bits per heavy atom. The number of hydrogen-bond donors (Lipinski definition) is 0. The first-order valence-corrected chi connectivity index (χ1v) is 5.86. The van der Waals surface area contributed by atoms with Crippen LogP contribution in [0.25, 0.3) is 0 Å². The van der Waals surface area contributed by atoms with Gasteiger partial charge in [0, 0.05) is 23.5 Å². The molecular formula is C14H16N2O2. The van der Waals surface area contributed by atoms with Crippen LogP contribution in [0.1, 0.15) is 22.4 Å². The lowest BCUT2D eigenvalue weighted by molar-refractivity contribution is -0.385. The summed E-state index contributed by atoms with van der Waals surface area (Å²) < 4.78 is 2.06. The molecule has 0 saturated carbocycles. The highest BCUT2D eigenvalue weighted by atomic mass is 16.6. The minimum absolute atomic E-state index is 0.181. The van der Waals surface area contributed by atoms with Crippen LogP contribution >= 0.6 is 0 Å². The van der Waals surface area contributed by atoms with Gasteiger partial charge in [-0.3, -0.25) is 10.1 Å². The van der Waals surface area contributed by atoms with Gasteiger partial charge in [0.15, 0.2) is 0 Å². The van der Waals surface area contributed by atoms with Crippen LogP contribution in [0.3, 0.4) is 0 Å². The zero-order valence-corrected chi connectivity index (χ0v) is 10.8. The molecule has 1 aromatic carbocycles. The lowest BCUT2D eigenvalue weighted by Gasteiger charge is -2.07. The molecule has 0 radical (unpaired) electrons. The Balaban J connectivity index is 2.40. The van der Waals surface area contributed by atoms with Crippen LogP contribution in [0, 0.1) is 30.9 Å². The van der Waals surface area contributed by atoms with E-state index in [1.807, 2.05) is 25.3 Å². The Morgan fingerprint density at radius 3 is 2.44 bits per heavy atom. The van der Waals surface area contributed by atoms with E-state index in [0.717, 1.165) is 11.3 Å². The van der Waals surface area contributed by atoms with Crippen LogP contribution in [0.4, 0.5) is 5.69 Å². The Morgan fingerprint density at radius 2 is 1.89 bits per heavy atom. The standard InChI is InChI=1S/C14H16N2O2/c1-10-8-15(12(3)11(10)2)9-13-6-4-5-7-14(13)16(17)18/h4-8H,9H2,1-3H3. The van der Waals surface area contributed by atoms with Crippen molar-refractivity contribution < 1.29 is 4.92 Å². The molecule has 94 valence electrons. The highest BCUT2D eigenvalue weighted by molar-refractivity contribution is 5.41. The van der Waals surface area contributed by atoms with Crippen molar-refractivity contribution in [1.82, 2.24) is 4.57 Å². The Kier molecular flexibility index (Phi) is 3.19. The predicted molar refractivity (Wildman–Crippen MR) is 70.8 cm³/mol. The number of nitrogens with zero attached hydrogens (tertiary/aromatic N) is 2. The van der Waals surface area contributed by atoms with Gasteiger partial charge in [-0.2, -0.15) is 0 Å². The summed E-state index contributed by atoms with van der Waals surface area (Å²) in [4.78, 5) is 10.6. The number of rotatable bonds is 3. The van der Waals surface area contributed by atoms with Crippen molar-refractivity contribution in [2.24, 2.45) is 0 Å². The molecule has 0 aliphatic rings. The molecule has 0 unspecified atom stereocenters. The van der Waals surface area contributed by atoms with Gasteiger partial charge in [0.25, 0.3) is 5.69 Å². The third kappa shape index (κ3) is 2.14. The average Bonchev–Trinajstić information content (AvgIpc) is 2.57. The van der Waals surface area contributed by atoms with Crippen LogP contribution in [0.2, 0.25) is 0 Å². The average molecular weight is 244 g/mol. The van der Waals surface area contributed by atoms with Crippen LogP contribution in [-0.4, -0.2) is 9.49 Å². The molecule has 0 N–H and O–H groups in total. The van der Waals surface area contributed by atoms with E-state index in [-0.39, 0.29) is 10.6 Å².